The van der Waals surface area contributed by atoms with Gasteiger partial charge >= 0.3 is 5.97 Å². The first-order valence-electron chi connectivity index (χ1n) is 4.00. The molecular weight excluding hydrogens is 204 g/mol. The number of hydrogen-bond acceptors (Lipinski definition) is 6. The number of rotatable bonds is 0. The van der Waals surface area contributed by atoms with E-state index in [9.17, 15) is 19.8 Å². The molecule has 1 aliphatic rings. The summed E-state index contributed by atoms with van der Waals surface area (Å²) in [5.74, 6) is -3.69. The van der Waals surface area contributed by atoms with Crippen molar-refractivity contribution in [2.24, 2.45) is 0 Å². The molecule has 0 spiro atoms. The van der Waals surface area contributed by atoms with E-state index in [0.717, 1.165) is 6.07 Å². The van der Waals surface area contributed by atoms with E-state index < -0.39 is 28.6 Å². The van der Waals surface area contributed by atoms with Crippen molar-refractivity contribution >= 4 is 5.97 Å². The molecule has 1 aliphatic heterocycles. The summed E-state index contributed by atoms with van der Waals surface area (Å²) >= 11 is 0. The van der Waals surface area contributed by atoms with Gasteiger partial charge in [0.05, 0.1) is 0 Å². The van der Waals surface area contributed by atoms with E-state index >= 15 is 0 Å². The Kier molecular flexibility index (Phi) is 1.79. The summed E-state index contributed by atoms with van der Waals surface area (Å²) in [6.45, 7) is -0.162. The lowest BCUT2D eigenvalue weighted by atomic mass is 10.2. The van der Waals surface area contributed by atoms with Crippen molar-refractivity contribution in [3.05, 3.63) is 27.4 Å². The van der Waals surface area contributed by atoms with Crippen molar-refractivity contribution in [2.45, 2.75) is 6.61 Å². The largest absolute Gasteiger partial charge is 0.504 e. The zero-order valence-corrected chi connectivity index (χ0v) is 7.35. The fourth-order valence-corrected chi connectivity index (χ4v) is 1.36. The van der Waals surface area contributed by atoms with Crippen molar-refractivity contribution in [3.8, 4) is 17.2 Å². The van der Waals surface area contributed by atoms with Crippen molar-refractivity contribution in [2.75, 3.05) is 0 Å². The van der Waals surface area contributed by atoms with Gasteiger partial charge in [0.2, 0.25) is 16.9 Å². The molecule has 1 heterocycles. The lowest BCUT2D eigenvalue weighted by Gasteiger charge is -1.95. The van der Waals surface area contributed by atoms with Crippen molar-refractivity contribution in [1.82, 2.24) is 0 Å². The zero-order valence-electron chi connectivity index (χ0n) is 7.35. The standard InChI is InChI=1S/C9H6O6/c10-4-1-3-2-15-9(14)5(3)7(12)8(13)6(4)11/h1H,2H2,(H3,10,11,12,13). The minimum Gasteiger partial charge on any atom is -0.504 e. The minimum atomic E-state index is -1.01. The smallest absolute Gasteiger partial charge is 0.342 e. The van der Waals surface area contributed by atoms with Gasteiger partial charge in [-0.15, -0.1) is 0 Å². The summed E-state index contributed by atoms with van der Waals surface area (Å²) in [7, 11) is 0. The molecule has 0 saturated heterocycles. The Bertz CT molecular complexity index is 519. The lowest BCUT2D eigenvalue weighted by molar-refractivity contribution is 0.0532. The van der Waals surface area contributed by atoms with Crippen LogP contribution in [0.25, 0.3) is 0 Å². The molecule has 1 aromatic carbocycles. The molecule has 1 aromatic rings. The van der Waals surface area contributed by atoms with E-state index in [0.29, 0.717) is 0 Å². The quantitative estimate of drug-likeness (QED) is 0.514. The highest BCUT2D eigenvalue weighted by Gasteiger charge is 2.28. The molecular formula is C9H6O6. The summed E-state index contributed by atoms with van der Waals surface area (Å²) in [5.41, 5.74) is -1.04. The molecule has 0 radical (unpaired) electrons. The Morgan fingerprint density at radius 2 is 1.73 bits per heavy atom. The molecule has 0 unspecified atom stereocenters. The summed E-state index contributed by atoms with van der Waals surface area (Å²) in [6.07, 6.45) is 0. The number of aromatic hydroxyl groups is 3. The zero-order chi connectivity index (χ0) is 11.2. The second kappa shape index (κ2) is 2.88. The van der Waals surface area contributed by atoms with Gasteiger partial charge in [-0.1, -0.05) is 0 Å². The Morgan fingerprint density at radius 1 is 1.07 bits per heavy atom. The molecule has 78 valence electrons. The van der Waals surface area contributed by atoms with E-state index in [1.807, 2.05) is 0 Å². The highest BCUT2D eigenvalue weighted by atomic mass is 16.5. The number of esters is 1. The van der Waals surface area contributed by atoms with Crippen LogP contribution >= 0.6 is 0 Å². The third-order valence-corrected chi connectivity index (χ3v) is 2.11. The van der Waals surface area contributed by atoms with Crippen LogP contribution in [0, 0.1) is 0 Å². The molecule has 6 nitrogen and oxygen atoms in total. The highest BCUT2D eigenvalue weighted by Crippen LogP contribution is 2.37. The molecule has 0 atom stereocenters. The Hall–Kier alpha value is -2.24. The van der Waals surface area contributed by atoms with Crippen molar-refractivity contribution < 1.29 is 24.9 Å². The van der Waals surface area contributed by atoms with Crippen LogP contribution in [0.3, 0.4) is 0 Å². The predicted octanol–water partition coefficient (Wildman–Crippen LogP) is -0.166. The number of hydrogen-bond donors (Lipinski definition) is 3. The van der Waals surface area contributed by atoms with Gasteiger partial charge in [-0.3, -0.25) is 4.79 Å². The number of carbonyl (C=O) groups is 1. The van der Waals surface area contributed by atoms with E-state index in [-0.39, 0.29) is 17.7 Å². The van der Waals surface area contributed by atoms with Gasteiger partial charge in [-0.05, 0) is 6.07 Å². The van der Waals surface area contributed by atoms with Gasteiger partial charge in [0.15, 0.2) is 5.75 Å². The highest BCUT2D eigenvalue weighted by molar-refractivity contribution is 5.97. The van der Waals surface area contributed by atoms with Gasteiger partial charge < -0.3 is 20.1 Å². The predicted molar refractivity (Wildman–Crippen MR) is 46.8 cm³/mol. The number of cyclic esters (lactones) is 1. The van der Waals surface area contributed by atoms with Crippen LogP contribution < -0.4 is 5.43 Å². The van der Waals surface area contributed by atoms with Crippen LogP contribution in [0.2, 0.25) is 0 Å². The Morgan fingerprint density at radius 3 is 2.40 bits per heavy atom. The second-order valence-corrected chi connectivity index (χ2v) is 3.03. The van der Waals surface area contributed by atoms with Gasteiger partial charge in [-0.2, -0.15) is 0 Å². The molecule has 0 bridgehead atoms. The van der Waals surface area contributed by atoms with Gasteiger partial charge in [0.1, 0.15) is 12.2 Å². The topological polar surface area (TPSA) is 104 Å². The van der Waals surface area contributed by atoms with E-state index in [1.54, 1.807) is 0 Å². The fraction of sp³-hybridized carbons (Fsp3) is 0.111. The van der Waals surface area contributed by atoms with E-state index in [4.69, 9.17) is 5.11 Å². The number of fused-ring (bicyclic) bond motifs is 1. The molecule has 6 heteroatoms. The Labute approximate surface area is 83.0 Å². The molecule has 0 amide bonds. The van der Waals surface area contributed by atoms with Gasteiger partial charge in [0.25, 0.3) is 0 Å². The number of ether oxygens (including phenoxy) is 1. The minimum absolute atomic E-state index is 0.137. The molecule has 2 rings (SSSR count). The summed E-state index contributed by atoms with van der Waals surface area (Å²) in [4.78, 5) is 22.3. The monoisotopic (exact) mass is 210 g/mol. The molecule has 15 heavy (non-hydrogen) atoms. The van der Waals surface area contributed by atoms with Gasteiger partial charge in [0, 0.05) is 5.56 Å². The first kappa shape index (κ1) is 9.32. The van der Waals surface area contributed by atoms with Crippen LogP contribution in [0.4, 0.5) is 0 Å². The van der Waals surface area contributed by atoms with Crippen LogP contribution in [0.15, 0.2) is 10.9 Å². The number of carbonyl (C=O) groups excluding carboxylic acids is 1. The van der Waals surface area contributed by atoms with Crippen molar-refractivity contribution in [1.29, 1.82) is 0 Å². The lowest BCUT2D eigenvalue weighted by Crippen LogP contribution is -1.95. The third-order valence-electron chi connectivity index (χ3n) is 2.11. The molecule has 3 N–H and O–H groups in total. The molecule has 0 fully saturated rings. The summed E-state index contributed by atoms with van der Waals surface area (Å²) < 4.78 is 4.57. The van der Waals surface area contributed by atoms with E-state index in [2.05, 4.69) is 4.74 Å². The first-order chi connectivity index (χ1) is 7.02. The SMILES string of the molecule is O=C1OCc2cc(=O)c(O)c(O)c(O)c21. The maximum Gasteiger partial charge on any atom is 0.342 e. The molecule has 0 aromatic heterocycles. The van der Waals surface area contributed by atoms with Crippen LogP contribution in [0.1, 0.15) is 15.9 Å². The van der Waals surface area contributed by atoms with Crippen LogP contribution in [-0.4, -0.2) is 21.3 Å². The average molecular weight is 210 g/mol. The maximum atomic E-state index is 11.2. The molecule has 0 aliphatic carbocycles. The van der Waals surface area contributed by atoms with Crippen molar-refractivity contribution in [3.63, 3.8) is 0 Å². The molecule has 0 saturated carbocycles. The summed E-state index contributed by atoms with van der Waals surface area (Å²) in [6, 6.07) is 0.939. The fourth-order valence-electron chi connectivity index (χ4n) is 1.36. The van der Waals surface area contributed by atoms with E-state index in [1.165, 1.54) is 0 Å². The third kappa shape index (κ3) is 1.18. The normalized spacial score (nSPS) is 13.5. The van der Waals surface area contributed by atoms with Crippen LogP contribution in [-0.2, 0) is 11.3 Å². The Balaban J connectivity index is 2.94. The first-order valence-corrected chi connectivity index (χ1v) is 4.00. The average Bonchev–Trinajstić information content (AvgIpc) is 2.53. The second-order valence-electron chi connectivity index (χ2n) is 3.03. The maximum absolute atomic E-state index is 11.2. The van der Waals surface area contributed by atoms with Crippen LogP contribution in [0.5, 0.6) is 17.2 Å². The van der Waals surface area contributed by atoms with Gasteiger partial charge in [-0.25, -0.2) is 4.79 Å². The summed E-state index contributed by atoms with van der Waals surface area (Å²) in [5, 5.41) is 27.8.